The fourth-order valence-electron chi connectivity index (χ4n) is 5.73. The highest BCUT2D eigenvalue weighted by molar-refractivity contribution is 5.97. The van der Waals surface area contributed by atoms with E-state index in [2.05, 4.69) is 89.2 Å². The van der Waals surface area contributed by atoms with Crippen LogP contribution in [0.25, 0.3) is 44.5 Å². The lowest BCUT2D eigenvalue weighted by molar-refractivity contribution is 0.619. The zero-order valence-electron chi connectivity index (χ0n) is 18.6. The van der Waals surface area contributed by atoms with E-state index < -0.39 is 0 Å². The highest BCUT2D eigenvalue weighted by Crippen LogP contribution is 2.55. The predicted molar refractivity (Wildman–Crippen MR) is 129 cm³/mol. The normalized spacial score (nSPS) is 14.2. The van der Waals surface area contributed by atoms with Crippen LogP contribution in [0, 0.1) is 20.8 Å². The maximum atomic E-state index is 6.37. The van der Waals surface area contributed by atoms with Gasteiger partial charge in [0, 0.05) is 32.9 Å². The number of aryl methyl sites for hydroxylation is 3. The van der Waals surface area contributed by atoms with Crippen LogP contribution in [0.3, 0.4) is 0 Å². The summed E-state index contributed by atoms with van der Waals surface area (Å²) in [5.41, 5.74) is 11.7. The van der Waals surface area contributed by atoms with Gasteiger partial charge in [-0.15, -0.1) is 0 Å². The molecule has 2 nitrogen and oxygen atoms in total. The number of furan rings is 1. The Kier molecular flexibility index (Phi) is 3.60. The Hall–Kier alpha value is -3.39. The average Bonchev–Trinajstić information content (AvgIpc) is 3.21. The third-order valence-electron chi connectivity index (χ3n) is 6.88. The lowest BCUT2D eigenvalue weighted by Crippen LogP contribution is -2.16. The minimum absolute atomic E-state index is 0.166. The number of fused-ring (bicyclic) bond motifs is 6. The molecule has 0 N–H and O–H groups in total. The van der Waals surface area contributed by atoms with Crippen LogP contribution in [-0.4, -0.2) is 4.98 Å². The predicted octanol–water partition coefficient (Wildman–Crippen LogP) is 7.88. The summed E-state index contributed by atoms with van der Waals surface area (Å²) in [5, 5.41) is 2.47. The molecule has 0 amide bonds. The third kappa shape index (κ3) is 2.42. The number of benzene rings is 3. The van der Waals surface area contributed by atoms with Crippen molar-refractivity contribution in [2.24, 2.45) is 0 Å². The van der Waals surface area contributed by atoms with Crippen molar-refractivity contribution in [3.8, 4) is 22.6 Å². The third-order valence-corrected chi connectivity index (χ3v) is 6.88. The van der Waals surface area contributed by atoms with E-state index in [1.165, 1.54) is 49.7 Å². The van der Waals surface area contributed by atoms with Gasteiger partial charge in [0.2, 0.25) is 0 Å². The molecule has 1 aliphatic carbocycles. The second kappa shape index (κ2) is 6.07. The van der Waals surface area contributed by atoms with Gasteiger partial charge in [-0.05, 0) is 61.2 Å². The maximum absolute atomic E-state index is 6.37. The van der Waals surface area contributed by atoms with Crippen molar-refractivity contribution >= 4 is 21.9 Å². The first-order valence-electron chi connectivity index (χ1n) is 10.9. The van der Waals surface area contributed by atoms with E-state index in [4.69, 9.17) is 9.40 Å². The zero-order valence-corrected chi connectivity index (χ0v) is 18.6. The van der Waals surface area contributed by atoms with E-state index in [1.807, 2.05) is 6.07 Å². The van der Waals surface area contributed by atoms with E-state index in [9.17, 15) is 0 Å². The van der Waals surface area contributed by atoms with Crippen molar-refractivity contribution in [1.82, 2.24) is 4.98 Å². The lowest BCUT2D eigenvalue weighted by atomic mass is 9.78. The van der Waals surface area contributed by atoms with E-state index in [0.29, 0.717) is 0 Å². The Labute approximate surface area is 182 Å². The number of para-hydroxylation sites is 1. The van der Waals surface area contributed by atoms with Crippen molar-refractivity contribution in [3.05, 3.63) is 88.5 Å². The molecule has 152 valence electrons. The van der Waals surface area contributed by atoms with Crippen LogP contribution in [-0.2, 0) is 5.41 Å². The molecule has 0 saturated heterocycles. The van der Waals surface area contributed by atoms with E-state index >= 15 is 0 Å². The van der Waals surface area contributed by atoms with Gasteiger partial charge >= 0.3 is 0 Å². The molecule has 0 aliphatic heterocycles. The van der Waals surface area contributed by atoms with Gasteiger partial charge in [0.05, 0.1) is 11.2 Å². The van der Waals surface area contributed by atoms with Crippen LogP contribution < -0.4 is 0 Å². The van der Waals surface area contributed by atoms with Crippen LogP contribution >= 0.6 is 0 Å². The van der Waals surface area contributed by atoms with Crippen LogP contribution in [0.5, 0.6) is 0 Å². The summed E-state index contributed by atoms with van der Waals surface area (Å²) >= 11 is 0. The molecule has 0 bridgehead atoms. The Balaban J connectivity index is 1.65. The van der Waals surface area contributed by atoms with Crippen molar-refractivity contribution in [1.29, 1.82) is 0 Å². The topological polar surface area (TPSA) is 26.0 Å². The minimum atomic E-state index is -0.166. The molecule has 0 saturated carbocycles. The van der Waals surface area contributed by atoms with Crippen molar-refractivity contribution in [2.45, 2.75) is 40.0 Å². The van der Waals surface area contributed by atoms with Gasteiger partial charge in [0.25, 0.3) is 0 Å². The standard InChI is InChI=1S/C29H25NO/c1-16-13-17(2)25-18(3)15-22(30-23(25)14-16)19-10-8-11-21-26(19)29(4,5)27-20-9-6-7-12-24(20)31-28(21)27/h6-15H,1-5H3. The van der Waals surface area contributed by atoms with Gasteiger partial charge in [0.15, 0.2) is 0 Å². The minimum Gasteiger partial charge on any atom is -0.456 e. The summed E-state index contributed by atoms with van der Waals surface area (Å²) in [6, 6.07) is 21.6. The molecule has 6 rings (SSSR count). The Morgan fingerprint density at radius 3 is 2.35 bits per heavy atom. The van der Waals surface area contributed by atoms with Crippen LogP contribution in [0.1, 0.15) is 41.7 Å². The summed E-state index contributed by atoms with van der Waals surface area (Å²) in [6.45, 7) is 11.1. The van der Waals surface area contributed by atoms with Gasteiger partial charge in [-0.25, -0.2) is 4.98 Å². The smallest absolute Gasteiger partial charge is 0.139 e. The van der Waals surface area contributed by atoms with Crippen LogP contribution in [0.2, 0.25) is 0 Å². The number of aromatic nitrogens is 1. The van der Waals surface area contributed by atoms with Gasteiger partial charge in [-0.1, -0.05) is 56.3 Å². The second-order valence-electron chi connectivity index (χ2n) is 9.46. The molecule has 0 atom stereocenters. The summed E-state index contributed by atoms with van der Waals surface area (Å²) in [5.74, 6) is 1.01. The number of hydrogen-bond acceptors (Lipinski definition) is 2. The van der Waals surface area contributed by atoms with Gasteiger partial charge in [-0.3, -0.25) is 0 Å². The molecule has 31 heavy (non-hydrogen) atoms. The number of hydrogen-bond donors (Lipinski definition) is 0. The molecule has 3 aromatic carbocycles. The average molecular weight is 404 g/mol. The monoisotopic (exact) mass is 403 g/mol. The largest absolute Gasteiger partial charge is 0.456 e. The quantitative estimate of drug-likeness (QED) is 0.284. The zero-order chi connectivity index (χ0) is 21.5. The second-order valence-corrected chi connectivity index (χ2v) is 9.46. The number of rotatable bonds is 1. The summed E-state index contributed by atoms with van der Waals surface area (Å²) in [4.78, 5) is 5.15. The SMILES string of the molecule is Cc1cc(C)c2c(C)cc(-c3cccc4c3C(C)(C)c3c-4oc4ccccc34)nc2c1. The van der Waals surface area contributed by atoms with Crippen LogP contribution in [0.15, 0.2) is 65.1 Å². The molecule has 2 heteroatoms. The first kappa shape index (κ1) is 18.4. The lowest BCUT2D eigenvalue weighted by Gasteiger charge is -2.24. The van der Waals surface area contributed by atoms with E-state index in [-0.39, 0.29) is 5.41 Å². The molecule has 2 aromatic heterocycles. The molecule has 0 spiro atoms. The van der Waals surface area contributed by atoms with Gasteiger partial charge in [-0.2, -0.15) is 0 Å². The maximum Gasteiger partial charge on any atom is 0.139 e. The van der Waals surface area contributed by atoms with Gasteiger partial charge < -0.3 is 4.42 Å². The van der Waals surface area contributed by atoms with E-state index in [1.54, 1.807) is 0 Å². The number of nitrogens with zero attached hydrogens (tertiary/aromatic N) is 1. The Morgan fingerprint density at radius 1 is 0.774 bits per heavy atom. The van der Waals surface area contributed by atoms with Crippen molar-refractivity contribution in [2.75, 3.05) is 0 Å². The summed E-state index contributed by atoms with van der Waals surface area (Å²) < 4.78 is 6.37. The highest BCUT2D eigenvalue weighted by Gasteiger charge is 2.42. The molecular formula is C29H25NO. The number of pyridine rings is 1. The molecule has 0 fully saturated rings. The first-order chi connectivity index (χ1) is 14.9. The molecule has 0 radical (unpaired) electrons. The molecule has 1 aliphatic rings. The van der Waals surface area contributed by atoms with E-state index in [0.717, 1.165) is 22.6 Å². The Morgan fingerprint density at radius 2 is 1.52 bits per heavy atom. The molecule has 5 aromatic rings. The summed E-state index contributed by atoms with van der Waals surface area (Å²) in [7, 11) is 0. The highest BCUT2D eigenvalue weighted by atomic mass is 16.3. The fraction of sp³-hybridized carbons (Fsp3) is 0.207. The van der Waals surface area contributed by atoms with Gasteiger partial charge in [0.1, 0.15) is 11.3 Å². The molecule has 0 unspecified atom stereocenters. The fourth-order valence-corrected chi connectivity index (χ4v) is 5.73. The van der Waals surface area contributed by atoms with Crippen molar-refractivity contribution in [3.63, 3.8) is 0 Å². The Bertz CT molecular complexity index is 1530. The first-order valence-corrected chi connectivity index (χ1v) is 10.9. The summed E-state index contributed by atoms with van der Waals surface area (Å²) in [6.07, 6.45) is 0. The molecular weight excluding hydrogens is 378 g/mol. The van der Waals surface area contributed by atoms with Crippen molar-refractivity contribution < 1.29 is 4.42 Å². The van der Waals surface area contributed by atoms with Crippen LogP contribution in [0.4, 0.5) is 0 Å². The molecule has 2 heterocycles.